The molecule has 2 atom stereocenters. The van der Waals surface area contributed by atoms with Crippen LogP contribution in [0.1, 0.15) is 30.4 Å². The summed E-state index contributed by atoms with van der Waals surface area (Å²) in [7, 11) is 3.37. The molecule has 0 unspecified atom stereocenters. The Kier molecular flexibility index (Phi) is 8.41. The molecule has 1 aliphatic heterocycles. The van der Waals surface area contributed by atoms with E-state index in [0.29, 0.717) is 11.8 Å². The maximum Gasteiger partial charge on any atom is 0.120 e. The molecule has 0 saturated carbocycles. The largest absolute Gasteiger partial charge is 0.497 e. The van der Waals surface area contributed by atoms with Crippen LogP contribution in [0.2, 0.25) is 0 Å². The molecule has 0 aliphatic carbocycles. The molecule has 1 aliphatic rings. The quantitative estimate of drug-likeness (QED) is 0.502. The molecule has 1 N–H and O–H groups in total. The second-order valence-corrected chi connectivity index (χ2v) is 9.01. The molecule has 2 aromatic carbocycles. The number of nitrogens with zero attached hydrogens (tertiary/aromatic N) is 2. The summed E-state index contributed by atoms with van der Waals surface area (Å²) in [6.45, 7) is 2.90. The van der Waals surface area contributed by atoms with Gasteiger partial charge in [-0.25, -0.2) is 0 Å². The average Bonchev–Trinajstić information content (AvgIpc) is 2.89. The van der Waals surface area contributed by atoms with Crippen molar-refractivity contribution in [3.63, 3.8) is 0 Å². The van der Waals surface area contributed by atoms with Crippen molar-refractivity contribution in [2.24, 2.45) is 11.8 Å². The van der Waals surface area contributed by atoms with Crippen LogP contribution in [0.4, 0.5) is 0 Å². The van der Waals surface area contributed by atoms with Gasteiger partial charge in [-0.05, 0) is 92.1 Å². The summed E-state index contributed by atoms with van der Waals surface area (Å²) < 4.78 is 10.7. The average molecular weight is 459 g/mol. The predicted octanol–water partition coefficient (Wildman–Crippen LogP) is 4.56. The first-order valence-corrected chi connectivity index (χ1v) is 12.1. The lowest BCUT2D eigenvalue weighted by Gasteiger charge is -2.37. The van der Waals surface area contributed by atoms with Gasteiger partial charge in [0.05, 0.1) is 26.3 Å². The van der Waals surface area contributed by atoms with Crippen molar-refractivity contribution < 1.29 is 14.6 Å². The fourth-order valence-electron chi connectivity index (χ4n) is 4.92. The number of rotatable bonds is 8. The number of benzene rings is 2. The summed E-state index contributed by atoms with van der Waals surface area (Å²) in [5.41, 5.74) is 3.29. The number of likely N-dealkylation sites (tertiary alicyclic amines) is 1. The van der Waals surface area contributed by atoms with Crippen molar-refractivity contribution in [2.45, 2.75) is 25.7 Å². The van der Waals surface area contributed by atoms with Crippen molar-refractivity contribution in [3.05, 3.63) is 65.9 Å². The number of methoxy groups -OCH3 is 2. The van der Waals surface area contributed by atoms with E-state index in [4.69, 9.17) is 9.47 Å². The van der Waals surface area contributed by atoms with Gasteiger partial charge in [-0.1, -0.05) is 17.9 Å². The molecule has 5 heteroatoms. The van der Waals surface area contributed by atoms with Crippen molar-refractivity contribution in [1.82, 2.24) is 9.88 Å². The van der Waals surface area contributed by atoms with E-state index in [9.17, 15) is 5.11 Å². The molecule has 0 amide bonds. The Morgan fingerprint density at radius 3 is 2.74 bits per heavy atom. The van der Waals surface area contributed by atoms with Gasteiger partial charge in [0.25, 0.3) is 0 Å². The first-order valence-electron chi connectivity index (χ1n) is 12.1. The SMILES string of the molecule is COc1cccc(C#CCN2CC[C@@H](CCCc3ccnc4ccc(OC)cc34)[C@@H](CO)C2)c1. The number of ether oxygens (including phenoxy) is 2. The van der Waals surface area contributed by atoms with Gasteiger partial charge >= 0.3 is 0 Å². The van der Waals surface area contributed by atoms with Crippen LogP contribution in [0, 0.1) is 23.7 Å². The zero-order valence-electron chi connectivity index (χ0n) is 20.2. The van der Waals surface area contributed by atoms with Gasteiger partial charge in [-0.2, -0.15) is 0 Å². The lowest BCUT2D eigenvalue weighted by atomic mass is 9.82. The van der Waals surface area contributed by atoms with E-state index in [1.165, 1.54) is 10.9 Å². The highest BCUT2D eigenvalue weighted by Crippen LogP contribution is 2.29. The van der Waals surface area contributed by atoms with Crippen LogP contribution in [0.5, 0.6) is 11.5 Å². The highest BCUT2D eigenvalue weighted by atomic mass is 16.5. The minimum atomic E-state index is 0.236. The summed E-state index contributed by atoms with van der Waals surface area (Å²) in [6.07, 6.45) is 6.24. The number of piperidine rings is 1. The highest BCUT2D eigenvalue weighted by Gasteiger charge is 2.28. The molecule has 2 heterocycles. The minimum Gasteiger partial charge on any atom is -0.497 e. The maximum atomic E-state index is 10.1. The fraction of sp³-hybridized carbons (Fsp3) is 0.414. The van der Waals surface area contributed by atoms with E-state index < -0.39 is 0 Å². The lowest BCUT2D eigenvalue weighted by Crippen LogP contribution is -2.42. The molecule has 1 saturated heterocycles. The summed E-state index contributed by atoms with van der Waals surface area (Å²) >= 11 is 0. The number of hydrogen-bond acceptors (Lipinski definition) is 5. The van der Waals surface area contributed by atoms with Crippen LogP contribution in [0.15, 0.2) is 54.7 Å². The predicted molar refractivity (Wildman–Crippen MR) is 136 cm³/mol. The third-order valence-corrected chi connectivity index (χ3v) is 6.88. The monoisotopic (exact) mass is 458 g/mol. The van der Waals surface area contributed by atoms with Crippen LogP contribution in [-0.2, 0) is 6.42 Å². The molecule has 34 heavy (non-hydrogen) atoms. The highest BCUT2D eigenvalue weighted by molar-refractivity contribution is 5.83. The zero-order valence-corrected chi connectivity index (χ0v) is 20.2. The second-order valence-electron chi connectivity index (χ2n) is 9.01. The van der Waals surface area contributed by atoms with E-state index in [1.54, 1.807) is 14.2 Å². The van der Waals surface area contributed by atoms with Gasteiger partial charge in [0.15, 0.2) is 0 Å². The number of aliphatic hydroxyl groups excluding tert-OH is 1. The Balaban J connectivity index is 1.29. The topological polar surface area (TPSA) is 54.8 Å². The van der Waals surface area contributed by atoms with Gasteiger partial charge in [0, 0.05) is 30.3 Å². The summed E-state index contributed by atoms with van der Waals surface area (Å²) in [5, 5.41) is 11.2. The van der Waals surface area contributed by atoms with E-state index in [-0.39, 0.29) is 6.61 Å². The van der Waals surface area contributed by atoms with Gasteiger partial charge in [0.2, 0.25) is 0 Å². The Hall–Kier alpha value is -3.07. The zero-order chi connectivity index (χ0) is 23.8. The standard InChI is InChI=1S/C29H34N2O3/c1-33-26-10-3-6-22(18-26)7-5-16-31-17-14-23(25(20-31)21-32)8-4-9-24-13-15-30-29-12-11-27(34-2)19-28(24)29/h3,6,10-13,15,18-19,23,25,32H,4,8-9,14,16-17,20-21H2,1-2H3/t23-,25-/m1/s1. The van der Waals surface area contributed by atoms with Crippen molar-refractivity contribution in [1.29, 1.82) is 0 Å². The molecule has 1 fully saturated rings. The Morgan fingerprint density at radius 1 is 1.06 bits per heavy atom. The maximum absolute atomic E-state index is 10.1. The van der Waals surface area contributed by atoms with Gasteiger partial charge in [-0.3, -0.25) is 9.88 Å². The van der Waals surface area contributed by atoms with Crippen LogP contribution < -0.4 is 9.47 Å². The number of hydrogen-bond donors (Lipinski definition) is 1. The molecule has 0 bridgehead atoms. The second kappa shape index (κ2) is 11.9. The van der Waals surface area contributed by atoms with E-state index in [2.05, 4.69) is 33.9 Å². The number of aryl methyl sites for hydroxylation is 1. The van der Waals surface area contributed by atoms with Gasteiger partial charge in [0.1, 0.15) is 11.5 Å². The Morgan fingerprint density at radius 2 is 1.91 bits per heavy atom. The minimum absolute atomic E-state index is 0.236. The summed E-state index contributed by atoms with van der Waals surface area (Å²) in [4.78, 5) is 6.86. The number of aliphatic hydroxyl groups is 1. The lowest BCUT2D eigenvalue weighted by molar-refractivity contribution is 0.0748. The van der Waals surface area contributed by atoms with Gasteiger partial charge < -0.3 is 14.6 Å². The van der Waals surface area contributed by atoms with Crippen LogP contribution >= 0.6 is 0 Å². The molecule has 0 spiro atoms. The molecular weight excluding hydrogens is 424 g/mol. The summed E-state index contributed by atoms with van der Waals surface area (Å²) in [6, 6.07) is 16.0. The van der Waals surface area contributed by atoms with Crippen molar-refractivity contribution >= 4 is 10.9 Å². The molecule has 178 valence electrons. The Bertz CT molecular complexity index is 1150. The third-order valence-electron chi connectivity index (χ3n) is 6.88. The molecule has 0 radical (unpaired) electrons. The first kappa shape index (κ1) is 24.1. The third kappa shape index (κ3) is 6.08. The summed E-state index contributed by atoms with van der Waals surface area (Å²) in [5.74, 6) is 9.08. The van der Waals surface area contributed by atoms with E-state index in [0.717, 1.165) is 67.9 Å². The van der Waals surface area contributed by atoms with Crippen LogP contribution in [-0.4, -0.2) is 55.5 Å². The molecule has 3 aromatic rings. The number of aromatic nitrogens is 1. The molecular formula is C29H34N2O3. The Labute approximate surface area is 202 Å². The van der Waals surface area contributed by atoms with Crippen LogP contribution in [0.3, 0.4) is 0 Å². The molecule has 4 rings (SSSR count). The first-order chi connectivity index (χ1) is 16.7. The van der Waals surface area contributed by atoms with Crippen molar-refractivity contribution in [2.75, 3.05) is 40.5 Å². The molecule has 1 aromatic heterocycles. The fourth-order valence-corrected chi connectivity index (χ4v) is 4.92. The number of pyridine rings is 1. The van der Waals surface area contributed by atoms with Gasteiger partial charge in [-0.15, -0.1) is 0 Å². The van der Waals surface area contributed by atoms with Crippen molar-refractivity contribution in [3.8, 4) is 23.3 Å². The number of fused-ring (bicyclic) bond motifs is 1. The van der Waals surface area contributed by atoms with E-state index in [1.807, 2.05) is 42.6 Å². The molecule has 5 nitrogen and oxygen atoms in total. The normalized spacial score (nSPS) is 18.3. The van der Waals surface area contributed by atoms with Crippen LogP contribution in [0.25, 0.3) is 10.9 Å². The smallest absolute Gasteiger partial charge is 0.120 e. The van der Waals surface area contributed by atoms with E-state index >= 15 is 0 Å².